The molecule has 80 N–H and O–H groups in total. The van der Waals surface area contributed by atoms with E-state index in [1.165, 1.54) is 0 Å². The van der Waals surface area contributed by atoms with Crippen LogP contribution in [0.4, 0.5) is 0 Å². The van der Waals surface area contributed by atoms with E-state index in [0.717, 1.165) is 0 Å². The Balaban J connectivity index is 0. The minimum absolute atomic E-state index is 0. The molecule has 324 valence electrons. The van der Waals surface area contributed by atoms with Crippen molar-refractivity contribution in [3.8, 4) is 0 Å². The molecule has 0 spiro atoms. The van der Waals surface area contributed by atoms with Gasteiger partial charge in [-0.05, 0) is 0 Å². The molecule has 0 unspecified atom stereocenters. The summed E-state index contributed by atoms with van der Waals surface area (Å²) in [5, 5.41) is 0. The van der Waals surface area contributed by atoms with Crippen LogP contribution in [0.5, 0.6) is 0 Å². The molecule has 41 heavy (non-hydrogen) atoms. The van der Waals surface area contributed by atoms with Gasteiger partial charge in [0.2, 0.25) is 0 Å². The van der Waals surface area contributed by atoms with Crippen LogP contribution in [-0.2, 0) is 0 Å². The number of hydrogen-bond acceptors (Lipinski definition) is 0. The summed E-state index contributed by atoms with van der Waals surface area (Å²) in [4.78, 5) is 0. The van der Waals surface area contributed by atoms with Gasteiger partial charge in [0.15, 0.2) is 0 Å². The summed E-state index contributed by atoms with van der Waals surface area (Å²) < 4.78 is 0. The average molecular weight is 747 g/mol. The van der Waals surface area contributed by atoms with Crippen LogP contribution in [0.1, 0.15) is 2.85 Å². The summed E-state index contributed by atoms with van der Waals surface area (Å²) in [5.41, 5.74) is 0. The van der Waals surface area contributed by atoms with E-state index < -0.39 is 0 Å². The van der Waals surface area contributed by atoms with Crippen molar-refractivity contribution in [1.29, 1.82) is 0 Å². The molecule has 0 saturated heterocycles. The predicted octanol–water partition coefficient (Wildman–Crippen LogP) is -33.1. The molecule has 0 bridgehead atoms. The van der Waals surface area contributed by atoms with E-state index in [2.05, 4.69) is 0 Å². The Morgan fingerprint density at radius 2 is 0.0732 bits per heavy atom. The first-order chi connectivity index (χ1) is 0. The molecule has 0 aromatic rings. The van der Waals surface area contributed by atoms with Gasteiger partial charge in [0.1, 0.15) is 0 Å². The minimum Gasteiger partial charge on any atom is -1.00 e. The van der Waals surface area contributed by atoms with Crippen molar-refractivity contribution in [3.05, 3.63) is 0 Å². The summed E-state index contributed by atoms with van der Waals surface area (Å²) in [5.74, 6) is 0. The van der Waals surface area contributed by atoms with Crippen molar-refractivity contribution < 1.29 is 222 Å². The van der Waals surface area contributed by atoms with Crippen molar-refractivity contribution in [2.24, 2.45) is 0 Å². The second-order valence-corrected chi connectivity index (χ2v) is 0. The molecule has 40 nitrogen and oxygen atoms in total. The summed E-state index contributed by atoms with van der Waals surface area (Å²) in [6, 6.07) is 0. The van der Waals surface area contributed by atoms with E-state index in [4.69, 9.17) is 0 Å². The van der Waals surface area contributed by atoms with E-state index in [-0.39, 0.29) is 245 Å². The Morgan fingerprint density at radius 1 is 0.0732 bits per heavy atom. The maximum atomic E-state index is 0. The van der Waals surface area contributed by atoms with Gasteiger partial charge in [0.25, 0.3) is 0 Å². The van der Waals surface area contributed by atoms with E-state index in [9.17, 15) is 0 Å². The maximum Gasteiger partial charge on any atom is 2.00 e. The first-order valence-electron chi connectivity index (χ1n) is 0. The van der Waals surface area contributed by atoms with Gasteiger partial charge in [-0.2, -0.15) is 0 Å². The van der Waals surface area contributed by atoms with Crippen molar-refractivity contribution in [2.75, 3.05) is 0 Å². The van der Waals surface area contributed by atoms with E-state index in [1.807, 2.05) is 0 Å². The molecular weight excluding hydrogens is 664 g/mol. The largest absolute Gasteiger partial charge is 2.00 e. The predicted molar refractivity (Wildman–Crippen MR) is 153 cm³/mol. The zero-order chi connectivity index (χ0) is 0. The maximum absolute atomic E-state index is 0. The Kier molecular flexibility index (Phi) is 177000000. The second-order valence-electron chi connectivity index (χ2n) is 0. The fraction of sp³-hybridized carbons (Fsp3) is 0. The minimum atomic E-state index is 0. The molecule has 0 aromatic heterocycles. The molecule has 0 aromatic carbocycles. The molecule has 0 atom stereocenters. The van der Waals surface area contributed by atoms with Gasteiger partial charge in [-0.1, -0.05) is 0 Å². The molecule has 0 rings (SSSR count). The molecule has 0 aliphatic carbocycles. The molecule has 0 radical (unpaired) electrons. The van der Waals surface area contributed by atoms with Crippen molar-refractivity contribution >= 4 is 23.1 Å². The SMILES string of the molecule is O.O.O.O.O.O.O.O.O.O.O.O.O.O.O.O.O.O.O.O.O.O.O.O.O.O.O.O.O.O.O.O.O.O.O.O.O.O.O.O.[H-].[H-].[Mg+2]. The monoisotopic (exact) mass is 746 g/mol. The Hall–Kier alpha value is -0.834. The number of rotatable bonds is 0. The molecule has 0 saturated carbocycles. The van der Waals surface area contributed by atoms with E-state index >= 15 is 0 Å². The van der Waals surface area contributed by atoms with Crippen LogP contribution in [0.15, 0.2) is 0 Å². The molecule has 0 fully saturated rings. The molecule has 0 amide bonds. The number of hydrogen-bond donors (Lipinski definition) is 0. The van der Waals surface area contributed by atoms with Crippen LogP contribution in [0.3, 0.4) is 0 Å². The summed E-state index contributed by atoms with van der Waals surface area (Å²) >= 11 is 0. The molecule has 0 heterocycles. The third kappa shape index (κ3) is 77800. The third-order valence-corrected chi connectivity index (χ3v) is 0. The topological polar surface area (TPSA) is 1260 Å². The van der Waals surface area contributed by atoms with Gasteiger partial charge in [0, 0.05) is 0 Å². The van der Waals surface area contributed by atoms with Crippen molar-refractivity contribution in [3.63, 3.8) is 0 Å². The van der Waals surface area contributed by atoms with Crippen LogP contribution in [0, 0.1) is 0 Å². The van der Waals surface area contributed by atoms with Crippen LogP contribution >= 0.6 is 0 Å². The van der Waals surface area contributed by atoms with Crippen molar-refractivity contribution in [2.45, 2.75) is 0 Å². The summed E-state index contributed by atoms with van der Waals surface area (Å²) in [6.07, 6.45) is 0. The third-order valence-electron chi connectivity index (χ3n) is 0. The standard InChI is InChI=1S/Mg.40H2O.2H/h;40*1H2;;/q+2;;;;;;;;;;;;;;;;;;;;;;;;;;;;;;;;;;;;;;;;;2*-1. The van der Waals surface area contributed by atoms with Gasteiger partial charge in [0.05, 0.1) is 0 Å². The first kappa shape index (κ1) is 88600. The van der Waals surface area contributed by atoms with Gasteiger partial charge in [-0.3, -0.25) is 0 Å². The zero-order valence-corrected chi connectivity index (χ0v) is 22.1. The smallest absolute Gasteiger partial charge is 1.00 e. The molecule has 0 aliphatic rings. The van der Waals surface area contributed by atoms with Crippen LogP contribution in [0.2, 0.25) is 0 Å². The van der Waals surface area contributed by atoms with E-state index in [0.29, 0.717) is 0 Å². The van der Waals surface area contributed by atoms with Gasteiger partial charge in [-0.15, -0.1) is 0 Å². The average Bonchev–Trinajstić information content (AvgIpc) is 0. The van der Waals surface area contributed by atoms with Crippen LogP contribution < -0.4 is 0 Å². The second kappa shape index (κ2) is 82100. The fourth-order valence-corrected chi connectivity index (χ4v) is 0. The normalized spacial score (nSPS) is 0. The molecule has 41 heteroatoms. The zero-order valence-electron chi connectivity index (χ0n) is 22.7. The Morgan fingerprint density at radius 3 is 0.0732 bits per heavy atom. The summed E-state index contributed by atoms with van der Waals surface area (Å²) in [6.45, 7) is 0. The Labute approximate surface area is 246 Å². The first-order valence-corrected chi connectivity index (χ1v) is 0. The van der Waals surface area contributed by atoms with Gasteiger partial charge >= 0.3 is 23.1 Å². The molecule has 0 aliphatic heterocycles. The fourth-order valence-electron chi connectivity index (χ4n) is 0. The van der Waals surface area contributed by atoms with E-state index in [1.54, 1.807) is 0 Å². The summed E-state index contributed by atoms with van der Waals surface area (Å²) in [7, 11) is 0. The molecular formula is H82MgO40. The van der Waals surface area contributed by atoms with Crippen LogP contribution in [0.25, 0.3) is 0 Å². The van der Waals surface area contributed by atoms with Crippen LogP contribution in [-0.4, -0.2) is 242 Å². The Bertz CT molecular complexity index is 18.5. The quantitative estimate of drug-likeness (QED) is 0.208. The van der Waals surface area contributed by atoms with Crippen molar-refractivity contribution in [1.82, 2.24) is 0 Å². The van der Waals surface area contributed by atoms with Gasteiger partial charge in [-0.25, -0.2) is 0 Å². The van der Waals surface area contributed by atoms with Gasteiger partial charge < -0.3 is 222 Å².